The molecule has 0 saturated heterocycles. The summed E-state index contributed by atoms with van der Waals surface area (Å²) in [6, 6.07) is 7.55. The average molecular weight is 236 g/mol. The Morgan fingerprint density at radius 2 is 2.00 bits per heavy atom. The molecule has 0 aromatic heterocycles. The highest BCUT2D eigenvalue weighted by Gasteiger charge is 2.16. The van der Waals surface area contributed by atoms with E-state index < -0.39 is 0 Å². The molecule has 2 unspecified atom stereocenters. The van der Waals surface area contributed by atoms with Crippen LogP contribution in [0.25, 0.3) is 0 Å². The molecule has 1 amide bonds. The summed E-state index contributed by atoms with van der Waals surface area (Å²) in [4.78, 5) is 11.1. The summed E-state index contributed by atoms with van der Waals surface area (Å²) < 4.78 is 5.09. The average Bonchev–Trinajstić information content (AvgIpc) is 2.35. The lowest BCUT2D eigenvalue weighted by Crippen LogP contribution is -2.41. The number of hydrogen-bond donors (Lipinski definition) is 2. The lowest BCUT2D eigenvalue weighted by Gasteiger charge is -2.20. The van der Waals surface area contributed by atoms with Crippen LogP contribution in [-0.2, 0) is 4.79 Å². The maximum atomic E-state index is 11.1. The molecule has 0 radical (unpaired) electrons. The van der Waals surface area contributed by atoms with Gasteiger partial charge in [0.1, 0.15) is 5.75 Å². The lowest BCUT2D eigenvalue weighted by atomic mass is 10.1. The van der Waals surface area contributed by atoms with Crippen LogP contribution < -0.4 is 15.8 Å². The van der Waals surface area contributed by atoms with Crippen LogP contribution in [0, 0.1) is 0 Å². The third kappa shape index (κ3) is 3.75. The van der Waals surface area contributed by atoms with E-state index in [1.165, 1.54) is 0 Å². The zero-order chi connectivity index (χ0) is 12.8. The summed E-state index contributed by atoms with van der Waals surface area (Å²) >= 11 is 0. The fourth-order valence-corrected chi connectivity index (χ4v) is 1.69. The molecule has 17 heavy (non-hydrogen) atoms. The molecule has 1 aromatic carbocycles. The predicted molar refractivity (Wildman–Crippen MR) is 67.8 cm³/mol. The first-order valence-electron chi connectivity index (χ1n) is 5.77. The molecule has 4 heteroatoms. The zero-order valence-electron chi connectivity index (χ0n) is 10.6. The van der Waals surface area contributed by atoms with Gasteiger partial charge >= 0.3 is 0 Å². The quantitative estimate of drug-likeness (QED) is 0.788. The first-order valence-corrected chi connectivity index (χ1v) is 5.77. The molecule has 0 bridgehead atoms. The van der Waals surface area contributed by atoms with Crippen LogP contribution in [0.2, 0.25) is 0 Å². The van der Waals surface area contributed by atoms with Crippen molar-refractivity contribution in [1.82, 2.24) is 5.32 Å². The maximum absolute atomic E-state index is 11.1. The molecule has 3 N–H and O–H groups in total. The number of nitrogens with two attached hydrogens (primary N) is 1. The van der Waals surface area contributed by atoms with Crippen LogP contribution in [0.15, 0.2) is 24.3 Å². The van der Waals surface area contributed by atoms with Gasteiger partial charge in [0, 0.05) is 6.04 Å². The Morgan fingerprint density at radius 1 is 1.41 bits per heavy atom. The van der Waals surface area contributed by atoms with Crippen LogP contribution in [0.3, 0.4) is 0 Å². The van der Waals surface area contributed by atoms with Crippen molar-refractivity contribution in [2.75, 3.05) is 7.11 Å². The van der Waals surface area contributed by atoms with Crippen molar-refractivity contribution in [3.05, 3.63) is 29.8 Å². The fourth-order valence-electron chi connectivity index (χ4n) is 1.69. The highest BCUT2D eigenvalue weighted by atomic mass is 16.5. The molecule has 0 fully saturated rings. The van der Waals surface area contributed by atoms with Gasteiger partial charge < -0.3 is 10.5 Å². The van der Waals surface area contributed by atoms with Gasteiger partial charge in [-0.3, -0.25) is 10.1 Å². The molecule has 0 aliphatic heterocycles. The highest BCUT2D eigenvalue weighted by molar-refractivity contribution is 5.79. The van der Waals surface area contributed by atoms with E-state index in [0.29, 0.717) is 6.42 Å². The van der Waals surface area contributed by atoms with E-state index in [9.17, 15) is 4.79 Å². The van der Waals surface area contributed by atoms with E-state index in [1.54, 1.807) is 7.11 Å². The SMILES string of the molecule is CCC(NC(C)c1ccc(OC)cc1)C(N)=O. The van der Waals surface area contributed by atoms with Gasteiger partial charge in [0.2, 0.25) is 5.91 Å². The van der Waals surface area contributed by atoms with Crippen molar-refractivity contribution in [1.29, 1.82) is 0 Å². The van der Waals surface area contributed by atoms with E-state index in [4.69, 9.17) is 10.5 Å². The van der Waals surface area contributed by atoms with Crippen molar-refractivity contribution in [3.63, 3.8) is 0 Å². The Balaban J connectivity index is 2.68. The number of methoxy groups -OCH3 is 1. The number of amides is 1. The number of carbonyl (C=O) groups is 1. The van der Waals surface area contributed by atoms with Gasteiger partial charge in [0.25, 0.3) is 0 Å². The second-order valence-electron chi connectivity index (χ2n) is 4.02. The van der Waals surface area contributed by atoms with E-state index in [2.05, 4.69) is 5.32 Å². The maximum Gasteiger partial charge on any atom is 0.234 e. The second-order valence-corrected chi connectivity index (χ2v) is 4.02. The first-order chi connectivity index (χ1) is 8.08. The van der Waals surface area contributed by atoms with Gasteiger partial charge in [-0.1, -0.05) is 19.1 Å². The highest BCUT2D eigenvalue weighted by Crippen LogP contribution is 2.17. The van der Waals surface area contributed by atoms with Crippen LogP contribution >= 0.6 is 0 Å². The predicted octanol–water partition coefficient (Wildman–Crippen LogP) is 1.61. The number of rotatable bonds is 6. The molecule has 2 atom stereocenters. The minimum Gasteiger partial charge on any atom is -0.497 e. The van der Waals surface area contributed by atoms with Crippen molar-refractivity contribution < 1.29 is 9.53 Å². The zero-order valence-corrected chi connectivity index (χ0v) is 10.6. The molecule has 1 rings (SSSR count). The number of primary amides is 1. The summed E-state index contributed by atoms with van der Waals surface area (Å²) in [7, 11) is 1.64. The normalized spacial score (nSPS) is 14.1. The van der Waals surface area contributed by atoms with E-state index in [1.807, 2.05) is 38.1 Å². The van der Waals surface area contributed by atoms with Crippen molar-refractivity contribution >= 4 is 5.91 Å². The van der Waals surface area contributed by atoms with E-state index in [-0.39, 0.29) is 18.0 Å². The summed E-state index contributed by atoms with van der Waals surface area (Å²) in [6.45, 7) is 3.94. The fraction of sp³-hybridized carbons (Fsp3) is 0.462. The van der Waals surface area contributed by atoms with Crippen LogP contribution in [-0.4, -0.2) is 19.1 Å². The molecule has 0 aliphatic carbocycles. The topological polar surface area (TPSA) is 64.3 Å². The minimum atomic E-state index is -0.312. The lowest BCUT2D eigenvalue weighted by molar-refractivity contribution is -0.120. The van der Waals surface area contributed by atoms with Gasteiger partial charge in [-0.05, 0) is 31.0 Å². The molecule has 0 heterocycles. The standard InChI is InChI=1S/C13H20N2O2/c1-4-12(13(14)16)15-9(2)10-5-7-11(17-3)8-6-10/h5-9,12,15H,4H2,1-3H3,(H2,14,16). The van der Waals surface area contributed by atoms with E-state index in [0.717, 1.165) is 11.3 Å². The smallest absolute Gasteiger partial charge is 0.234 e. The number of nitrogens with one attached hydrogen (secondary N) is 1. The third-order valence-corrected chi connectivity index (χ3v) is 2.82. The van der Waals surface area contributed by atoms with Crippen molar-refractivity contribution in [2.45, 2.75) is 32.4 Å². The van der Waals surface area contributed by atoms with Crippen molar-refractivity contribution in [2.24, 2.45) is 5.73 Å². The minimum absolute atomic E-state index is 0.0818. The Bertz CT molecular complexity index is 362. The Kier molecular flexibility index (Phi) is 4.97. The Morgan fingerprint density at radius 3 is 2.41 bits per heavy atom. The molecule has 4 nitrogen and oxygen atoms in total. The number of hydrogen-bond acceptors (Lipinski definition) is 3. The number of carbonyl (C=O) groups excluding carboxylic acids is 1. The van der Waals surface area contributed by atoms with Crippen LogP contribution in [0.4, 0.5) is 0 Å². The second kappa shape index (κ2) is 6.25. The van der Waals surface area contributed by atoms with Crippen LogP contribution in [0.1, 0.15) is 31.9 Å². The van der Waals surface area contributed by atoms with Gasteiger partial charge in [-0.2, -0.15) is 0 Å². The molecule has 0 saturated carbocycles. The van der Waals surface area contributed by atoms with Gasteiger partial charge in [0.15, 0.2) is 0 Å². The summed E-state index contributed by atoms with van der Waals surface area (Å²) in [6.07, 6.45) is 0.690. The van der Waals surface area contributed by atoms with Crippen LogP contribution in [0.5, 0.6) is 5.75 Å². The molecule has 0 spiro atoms. The first kappa shape index (κ1) is 13.5. The molecule has 1 aromatic rings. The third-order valence-electron chi connectivity index (χ3n) is 2.82. The van der Waals surface area contributed by atoms with Crippen molar-refractivity contribution in [3.8, 4) is 5.75 Å². The monoisotopic (exact) mass is 236 g/mol. The molecule has 0 aliphatic rings. The summed E-state index contributed by atoms with van der Waals surface area (Å²) in [5.74, 6) is 0.510. The number of ether oxygens (including phenoxy) is 1. The van der Waals surface area contributed by atoms with E-state index >= 15 is 0 Å². The number of benzene rings is 1. The molecular weight excluding hydrogens is 216 g/mol. The largest absolute Gasteiger partial charge is 0.497 e. The van der Waals surface area contributed by atoms with Gasteiger partial charge in [0.05, 0.1) is 13.2 Å². The van der Waals surface area contributed by atoms with Gasteiger partial charge in [-0.25, -0.2) is 0 Å². The summed E-state index contributed by atoms with van der Waals surface area (Å²) in [5.41, 5.74) is 6.40. The summed E-state index contributed by atoms with van der Waals surface area (Å²) in [5, 5.41) is 3.20. The Hall–Kier alpha value is -1.55. The molecule has 94 valence electrons. The Labute approximate surface area is 102 Å². The molecular formula is C13H20N2O2. The van der Waals surface area contributed by atoms with Gasteiger partial charge in [-0.15, -0.1) is 0 Å².